The fourth-order valence-corrected chi connectivity index (χ4v) is 14.0. The molecule has 3 heterocycles. The Bertz CT molecular complexity index is 4550. The molecule has 0 radical (unpaired) electrons. The van der Waals surface area contributed by atoms with E-state index in [2.05, 4.69) is 266 Å². The van der Waals surface area contributed by atoms with Crippen LogP contribution < -0.4 is 14.4 Å². The summed E-state index contributed by atoms with van der Waals surface area (Å²) in [6.45, 7) is 0. The Hall–Kier alpha value is -10.2. The van der Waals surface area contributed by atoms with Gasteiger partial charge >= 0.3 is 0 Å². The number of benzene rings is 12. The highest BCUT2D eigenvalue weighted by atomic mass is 16.5. The van der Waals surface area contributed by atoms with Crippen molar-refractivity contribution in [2.45, 2.75) is 10.8 Å². The molecule has 2 spiro atoms. The van der Waals surface area contributed by atoms with Gasteiger partial charge in [0.05, 0.1) is 16.5 Å². The molecule has 12 aromatic carbocycles. The zero-order chi connectivity index (χ0) is 51.1. The van der Waals surface area contributed by atoms with Gasteiger partial charge in [-0.3, -0.25) is 0 Å². The molecule has 0 N–H and O–H groups in total. The van der Waals surface area contributed by atoms with Crippen LogP contribution in [0.1, 0.15) is 44.5 Å². The van der Waals surface area contributed by atoms with E-state index in [4.69, 9.17) is 13.9 Å². The summed E-state index contributed by atoms with van der Waals surface area (Å²) < 4.78 is 19.7. The van der Waals surface area contributed by atoms with Crippen molar-refractivity contribution >= 4 is 39.0 Å². The van der Waals surface area contributed by atoms with Gasteiger partial charge in [-0.25, -0.2) is 0 Å². The number of anilines is 3. The zero-order valence-corrected chi connectivity index (χ0v) is 42.2. The second-order valence-corrected chi connectivity index (χ2v) is 21.0. The minimum Gasteiger partial charge on any atom is -0.457 e. The van der Waals surface area contributed by atoms with Crippen molar-refractivity contribution < 1.29 is 13.9 Å². The van der Waals surface area contributed by atoms with Crippen LogP contribution in [0.3, 0.4) is 0 Å². The summed E-state index contributed by atoms with van der Waals surface area (Å²) in [5.41, 5.74) is 22.9. The Morgan fingerprint density at radius 1 is 0.269 bits per heavy atom. The Morgan fingerprint density at radius 3 is 1.29 bits per heavy atom. The Balaban J connectivity index is 0.832. The predicted octanol–water partition coefficient (Wildman–Crippen LogP) is 19.3. The second-order valence-electron chi connectivity index (χ2n) is 21.0. The van der Waals surface area contributed by atoms with Gasteiger partial charge in [0.2, 0.25) is 0 Å². The number of para-hydroxylation sites is 5. The van der Waals surface area contributed by atoms with Gasteiger partial charge in [0.15, 0.2) is 0 Å². The number of ether oxygens (including phenoxy) is 2. The molecule has 0 bridgehead atoms. The molecule has 4 heteroatoms. The maximum absolute atomic E-state index is 6.72. The lowest BCUT2D eigenvalue weighted by Crippen LogP contribution is -2.32. The summed E-state index contributed by atoms with van der Waals surface area (Å²) in [6.07, 6.45) is 0. The fourth-order valence-electron chi connectivity index (χ4n) is 14.0. The van der Waals surface area contributed by atoms with Crippen LogP contribution in [0.25, 0.3) is 66.4 Å². The maximum Gasteiger partial charge on any atom is 0.136 e. The van der Waals surface area contributed by atoms with Crippen LogP contribution in [-0.4, -0.2) is 0 Å². The molecule has 2 aliphatic heterocycles. The summed E-state index contributed by atoms with van der Waals surface area (Å²) >= 11 is 0. The van der Waals surface area contributed by atoms with E-state index in [1.165, 1.54) is 55.6 Å². The van der Waals surface area contributed by atoms with Gasteiger partial charge in [-0.05, 0) is 140 Å². The SMILES string of the molecule is c1ccc2c(c1)Oc1ccccc1C21c2ccccc2-c2cc(-c3ccc(N(c4ccc(-c5ccc6c(c5)oc5ccccc56)cc4)c4cccc5c4-c4ccccc4C54c5ccccc5Oc5ccccc54)cc3)ccc21. The molecule has 13 aromatic rings. The third-order valence-corrected chi connectivity index (χ3v) is 17.2. The van der Waals surface area contributed by atoms with Crippen LogP contribution in [0.2, 0.25) is 0 Å². The first kappa shape index (κ1) is 43.1. The van der Waals surface area contributed by atoms with Crippen LogP contribution in [0, 0.1) is 0 Å². The van der Waals surface area contributed by atoms with Gasteiger partial charge in [-0.15, -0.1) is 0 Å². The van der Waals surface area contributed by atoms with Crippen molar-refractivity contribution in [1.82, 2.24) is 0 Å². The van der Waals surface area contributed by atoms with Gasteiger partial charge in [0, 0.05) is 50.0 Å². The third-order valence-electron chi connectivity index (χ3n) is 17.2. The lowest BCUT2D eigenvalue weighted by atomic mass is 9.66. The van der Waals surface area contributed by atoms with E-state index in [0.717, 1.165) is 95.4 Å². The first-order valence-corrected chi connectivity index (χ1v) is 26.8. The van der Waals surface area contributed by atoms with Crippen molar-refractivity contribution in [3.63, 3.8) is 0 Å². The van der Waals surface area contributed by atoms with E-state index in [0.29, 0.717) is 0 Å². The quantitative estimate of drug-likeness (QED) is 0.172. The largest absolute Gasteiger partial charge is 0.457 e. The van der Waals surface area contributed by atoms with Gasteiger partial charge in [-0.1, -0.05) is 194 Å². The molecule has 0 amide bonds. The number of rotatable bonds is 5. The molecule has 364 valence electrons. The third kappa shape index (κ3) is 5.78. The number of hydrogen-bond donors (Lipinski definition) is 0. The van der Waals surface area contributed by atoms with E-state index in [1.54, 1.807) is 0 Å². The highest BCUT2D eigenvalue weighted by molar-refractivity contribution is 6.06. The molecular weight excluding hydrogens is 951 g/mol. The summed E-state index contributed by atoms with van der Waals surface area (Å²) in [4.78, 5) is 2.45. The Kier molecular flexibility index (Phi) is 8.94. The smallest absolute Gasteiger partial charge is 0.136 e. The zero-order valence-electron chi connectivity index (χ0n) is 42.2. The molecule has 78 heavy (non-hydrogen) atoms. The summed E-state index contributed by atoms with van der Waals surface area (Å²) in [6, 6.07) is 99.2. The van der Waals surface area contributed by atoms with E-state index >= 15 is 0 Å². The van der Waals surface area contributed by atoms with E-state index < -0.39 is 10.8 Å². The monoisotopic (exact) mass is 995 g/mol. The molecule has 0 atom stereocenters. The molecule has 2 aliphatic carbocycles. The van der Waals surface area contributed by atoms with Crippen molar-refractivity contribution in [3.05, 3.63) is 317 Å². The molecule has 4 nitrogen and oxygen atoms in total. The molecule has 4 aliphatic rings. The van der Waals surface area contributed by atoms with Crippen LogP contribution in [0.15, 0.2) is 277 Å². The van der Waals surface area contributed by atoms with E-state index in [9.17, 15) is 0 Å². The fraction of sp³-hybridized carbons (Fsp3) is 0.0270. The summed E-state index contributed by atoms with van der Waals surface area (Å²) in [5.74, 6) is 3.54. The van der Waals surface area contributed by atoms with Crippen LogP contribution >= 0.6 is 0 Å². The van der Waals surface area contributed by atoms with Crippen LogP contribution in [-0.2, 0) is 10.8 Å². The summed E-state index contributed by atoms with van der Waals surface area (Å²) in [5, 5.41) is 2.25. The number of hydrogen-bond acceptors (Lipinski definition) is 4. The number of nitrogens with zero attached hydrogens (tertiary/aromatic N) is 1. The van der Waals surface area contributed by atoms with Gasteiger partial charge in [0.1, 0.15) is 34.2 Å². The van der Waals surface area contributed by atoms with Crippen molar-refractivity contribution in [2.75, 3.05) is 4.90 Å². The molecular formula is C74H45NO3. The van der Waals surface area contributed by atoms with E-state index in [-0.39, 0.29) is 0 Å². The molecule has 0 fully saturated rings. The van der Waals surface area contributed by atoms with Crippen LogP contribution in [0.5, 0.6) is 23.0 Å². The minimum atomic E-state index is -0.609. The second kappa shape index (κ2) is 16.2. The minimum absolute atomic E-state index is 0.516. The average molecular weight is 996 g/mol. The summed E-state index contributed by atoms with van der Waals surface area (Å²) in [7, 11) is 0. The molecule has 0 saturated carbocycles. The topological polar surface area (TPSA) is 34.8 Å². The maximum atomic E-state index is 6.72. The van der Waals surface area contributed by atoms with Gasteiger partial charge < -0.3 is 18.8 Å². The first-order chi connectivity index (χ1) is 38.7. The molecule has 17 rings (SSSR count). The highest BCUT2D eigenvalue weighted by Crippen LogP contribution is 2.65. The predicted molar refractivity (Wildman–Crippen MR) is 314 cm³/mol. The van der Waals surface area contributed by atoms with Crippen molar-refractivity contribution in [2.24, 2.45) is 0 Å². The number of furan rings is 1. The lowest BCUT2D eigenvalue weighted by Gasteiger charge is -2.39. The Labute approximate surface area is 451 Å². The highest BCUT2D eigenvalue weighted by Gasteiger charge is 2.53. The standard InChI is InChI=1S/C74H45NO3/c1-4-19-57-52(16-1)56-44-48(37-43-59(56)73(57)60-21-6-11-28-67(60)77-68-29-12-7-22-61(68)73)46-32-38-50(39-33-46)75(51-40-34-47(35-41-51)49-36-42-54-53-17-3-10-27-66(53)76-71(54)45-49)65-26-15-25-64-72(65)55-18-2-5-20-58(55)74(64)62-23-8-13-30-69(62)78-70-31-14-9-24-63(70)74/h1-45H. The lowest BCUT2D eigenvalue weighted by molar-refractivity contribution is 0.436. The average Bonchev–Trinajstić information content (AvgIpc) is 4.29. The van der Waals surface area contributed by atoms with Crippen molar-refractivity contribution in [1.29, 1.82) is 0 Å². The first-order valence-electron chi connectivity index (χ1n) is 26.8. The Morgan fingerprint density at radius 2 is 0.692 bits per heavy atom. The number of fused-ring (bicyclic) bond motifs is 21. The molecule has 1 aromatic heterocycles. The van der Waals surface area contributed by atoms with Crippen molar-refractivity contribution in [3.8, 4) is 67.5 Å². The van der Waals surface area contributed by atoms with Gasteiger partial charge in [-0.2, -0.15) is 0 Å². The normalized spacial score (nSPS) is 14.1. The molecule has 0 unspecified atom stereocenters. The molecule has 0 saturated heterocycles. The van der Waals surface area contributed by atoms with Gasteiger partial charge in [0.25, 0.3) is 0 Å². The van der Waals surface area contributed by atoms with E-state index in [1.807, 2.05) is 12.1 Å². The van der Waals surface area contributed by atoms with Crippen LogP contribution in [0.4, 0.5) is 17.1 Å².